The highest BCUT2D eigenvalue weighted by atomic mass is 32.1. The van der Waals surface area contributed by atoms with Crippen LogP contribution in [-0.2, 0) is 0 Å². The van der Waals surface area contributed by atoms with E-state index in [1.165, 1.54) is 0 Å². The second-order valence-corrected chi connectivity index (χ2v) is 4.81. The van der Waals surface area contributed by atoms with Crippen molar-refractivity contribution < 1.29 is 0 Å². The average Bonchev–Trinajstić information content (AvgIpc) is 2.61. The van der Waals surface area contributed by atoms with Crippen molar-refractivity contribution in [3.63, 3.8) is 0 Å². The lowest BCUT2D eigenvalue weighted by Crippen LogP contribution is -1.82. The highest BCUT2D eigenvalue weighted by Crippen LogP contribution is 2.29. The van der Waals surface area contributed by atoms with Gasteiger partial charge < -0.3 is 0 Å². The van der Waals surface area contributed by atoms with E-state index in [9.17, 15) is 0 Å². The van der Waals surface area contributed by atoms with Crippen LogP contribution in [0.3, 0.4) is 0 Å². The molecular weight excluding hydrogens is 224 g/mol. The maximum Gasteiger partial charge on any atom is 0.0963 e. The van der Waals surface area contributed by atoms with Gasteiger partial charge in [-0.25, -0.2) is 4.98 Å². The van der Waals surface area contributed by atoms with Crippen molar-refractivity contribution in [2.75, 3.05) is 0 Å². The van der Waals surface area contributed by atoms with Crippen molar-refractivity contribution in [2.24, 2.45) is 4.99 Å². The normalized spacial score (nSPS) is 10.6. The Labute approximate surface area is 97.7 Å². The first-order valence-corrected chi connectivity index (χ1v) is 5.91. The molecule has 0 bridgehead atoms. The topological polar surface area (TPSA) is 25.2 Å². The molecule has 0 saturated carbocycles. The molecule has 0 amide bonds. The summed E-state index contributed by atoms with van der Waals surface area (Å²) in [6, 6.07) is 5.88. The molecule has 2 aromatic rings. The maximum atomic E-state index is 4.57. The number of isothiocyanates is 1. The Morgan fingerprint density at radius 2 is 2.27 bits per heavy atom. The van der Waals surface area contributed by atoms with E-state index in [-0.39, 0.29) is 0 Å². The molecular formula is C11H10N2S2. The molecule has 1 aromatic heterocycles. The summed E-state index contributed by atoms with van der Waals surface area (Å²) in [7, 11) is 0. The second-order valence-electron chi connectivity index (χ2n) is 3.56. The van der Waals surface area contributed by atoms with Gasteiger partial charge in [0.2, 0.25) is 0 Å². The SMILES string of the molecule is CC(C)c1nc2ccc(N=C=S)cc2s1. The van der Waals surface area contributed by atoms with Crippen molar-refractivity contribution in [1.82, 2.24) is 4.98 Å². The van der Waals surface area contributed by atoms with Crippen LogP contribution in [-0.4, -0.2) is 10.1 Å². The number of benzene rings is 1. The van der Waals surface area contributed by atoms with Gasteiger partial charge in [0.05, 0.1) is 26.1 Å². The number of hydrogen-bond acceptors (Lipinski definition) is 4. The van der Waals surface area contributed by atoms with E-state index in [2.05, 4.69) is 41.2 Å². The van der Waals surface area contributed by atoms with Crippen LogP contribution in [0.1, 0.15) is 24.8 Å². The lowest BCUT2D eigenvalue weighted by atomic mass is 10.2. The Balaban J connectivity index is 2.56. The second kappa shape index (κ2) is 4.19. The average molecular weight is 234 g/mol. The van der Waals surface area contributed by atoms with E-state index < -0.39 is 0 Å². The number of hydrogen-bond donors (Lipinski definition) is 0. The summed E-state index contributed by atoms with van der Waals surface area (Å²) >= 11 is 6.29. The van der Waals surface area contributed by atoms with Crippen LogP contribution in [0.15, 0.2) is 23.2 Å². The number of aromatic nitrogens is 1. The highest BCUT2D eigenvalue weighted by molar-refractivity contribution is 7.78. The summed E-state index contributed by atoms with van der Waals surface area (Å²) < 4.78 is 1.16. The first kappa shape index (κ1) is 10.4. The summed E-state index contributed by atoms with van der Waals surface area (Å²) in [5.74, 6) is 0.472. The predicted molar refractivity (Wildman–Crippen MR) is 68.4 cm³/mol. The number of nitrogens with zero attached hydrogens (tertiary/aromatic N) is 2. The Morgan fingerprint density at radius 3 is 2.93 bits per heavy atom. The number of rotatable bonds is 2. The number of aliphatic imine (C=N–C) groups is 1. The molecule has 4 heteroatoms. The monoisotopic (exact) mass is 234 g/mol. The van der Waals surface area contributed by atoms with Crippen LogP contribution < -0.4 is 0 Å². The zero-order valence-corrected chi connectivity index (χ0v) is 10.2. The molecule has 0 spiro atoms. The highest BCUT2D eigenvalue weighted by Gasteiger charge is 2.07. The maximum absolute atomic E-state index is 4.57. The molecule has 15 heavy (non-hydrogen) atoms. The molecule has 0 unspecified atom stereocenters. The Bertz CT molecular complexity index is 537. The molecule has 0 aliphatic rings. The van der Waals surface area contributed by atoms with E-state index in [1.54, 1.807) is 11.3 Å². The molecule has 2 nitrogen and oxygen atoms in total. The van der Waals surface area contributed by atoms with Crippen LogP contribution in [0.5, 0.6) is 0 Å². The largest absolute Gasteiger partial charge is 0.241 e. The van der Waals surface area contributed by atoms with Crippen molar-refractivity contribution in [3.8, 4) is 0 Å². The smallest absolute Gasteiger partial charge is 0.0963 e. The third-order valence-corrected chi connectivity index (χ3v) is 3.47. The summed E-state index contributed by atoms with van der Waals surface area (Å²) in [6.07, 6.45) is 0. The molecule has 76 valence electrons. The molecule has 1 heterocycles. The predicted octanol–water partition coefficient (Wildman–Crippen LogP) is 4.15. The van der Waals surface area contributed by atoms with Gasteiger partial charge in [-0.05, 0) is 30.4 Å². The van der Waals surface area contributed by atoms with Crippen LogP contribution >= 0.6 is 23.6 Å². The summed E-state index contributed by atoms with van der Waals surface area (Å²) in [4.78, 5) is 8.50. The van der Waals surface area contributed by atoms with Crippen molar-refractivity contribution in [3.05, 3.63) is 23.2 Å². The minimum atomic E-state index is 0.472. The first-order valence-electron chi connectivity index (χ1n) is 4.69. The molecule has 0 aliphatic carbocycles. The molecule has 1 aromatic carbocycles. The van der Waals surface area contributed by atoms with Crippen LogP contribution in [0.25, 0.3) is 10.2 Å². The van der Waals surface area contributed by atoms with Crippen molar-refractivity contribution >= 4 is 44.6 Å². The summed E-state index contributed by atoms with van der Waals surface area (Å²) in [5, 5.41) is 3.53. The van der Waals surface area contributed by atoms with Gasteiger partial charge in [0.1, 0.15) is 0 Å². The third kappa shape index (κ3) is 2.12. The number of thiocarbonyl (C=S) groups is 1. The molecule has 0 fully saturated rings. The van der Waals surface area contributed by atoms with Gasteiger partial charge in [0, 0.05) is 5.92 Å². The molecule has 0 aliphatic heterocycles. The van der Waals surface area contributed by atoms with E-state index >= 15 is 0 Å². The molecule has 0 saturated heterocycles. The number of thiazole rings is 1. The Hall–Kier alpha value is -1.09. The van der Waals surface area contributed by atoms with E-state index in [0.29, 0.717) is 5.92 Å². The van der Waals surface area contributed by atoms with Gasteiger partial charge in [-0.15, -0.1) is 11.3 Å². The standard InChI is InChI=1S/C11H10N2S2/c1-7(2)11-13-9-4-3-8(12-6-14)5-10(9)15-11/h3-5,7H,1-2H3. The molecule has 2 rings (SSSR count). The lowest BCUT2D eigenvalue weighted by molar-refractivity contribution is 0.857. The zero-order chi connectivity index (χ0) is 10.8. The third-order valence-electron chi connectivity index (χ3n) is 2.06. The van der Waals surface area contributed by atoms with Gasteiger partial charge in [-0.1, -0.05) is 13.8 Å². The first-order chi connectivity index (χ1) is 7.20. The summed E-state index contributed by atoms with van der Waals surface area (Å²) in [6.45, 7) is 4.29. The Kier molecular flexibility index (Phi) is 2.91. The lowest BCUT2D eigenvalue weighted by Gasteiger charge is -1.94. The Morgan fingerprint density at radius 1 is 1.47 bits per heavy atom. The van der Waals surface area contributed by atoms with Gasteiger partial charge in [-0.2, -0.15) is 4.99 Å². The van der Waals surface area contributed by atoms with Crippen LogP contribution in [0.4, 0.5) is 5.69 Å². The molecule has 0 atom stereocenters. The summed E-state index contributed by atoms with van der Waals surface area (Å²) in [5.41, 5.74) is 1.88. The van der Waals surface area contributed by atoms with Crippen molar-refractivity contribution in [2.45, 2.75) is 19.8 Å². The zero-order valence-electron chi connectivity index (χ0n) is 8.52. The fraction of sp³-hybridized carbons (Fsp3) is 0.273. The minimum Gasteiger partial charge on any atom is -0.241 e. The minimum absolute atomic E-state index is 0.472. The van der Waals surface area contributed by atoms with Gasteiger partial charge >= 0.3 is 0 Å². The number of fused-ring (bicyclic) bond motifs is 1. The van der Waals surface area contributed by atoms with Gasteiger partial charge in [0.25, 0.3) is 0 Å². The van der Waals surface area contributed by atoms with E-state index in [0.717, 1.165) is 20.9 Å². The van der Waals surface area contributed by atoms with Gasteiger partial charge in [0.15, 0.2) is 0 Å². The molecule has 0 radical (unpaired) electrons. The fourth-order valence-electron chi connectivity index (χ4n) is 1.30. The van der Waals surface area contributed by atoms with Crippen LogP contribution in [0.2, 0.25) is 0 Å². The van der Waals surface area contributed by atoms with E-state index in [4.69, 9.17) is 0 Å². The molecule has 0 N–H and O–H groups in total. The quantitative estimate of drug-likeness (QED) is 0.576. The van der Waals surface area contributed by atoms with Crippen LogP contribution in [0, 0.1) is 0 Å². The fourth-order valence-corrected chi connectivity index (χ4v) is 2.41. The van der Waals surface area contributed by atoms with Gasteiger partial charge in [-0.3, -0.25) is 0 Å². The van der Waals surface area contributed by atoms with E-state index in [1.807, 2.05) is 18.2 Å². The van der Waals surface area contributed by atoms with Crippen molar-refractivity contribution in [1.29, 1.82) is 0 Å².